The van der Waals surface area contributed by atoms with Crippen molar-refractivity contribution in [3.63, 3.8) is 0 Å². The maximum atomic E-state index is 13.5. The van der Waals surface area contributed by atoms with Crippen molar-refractivity contribution in [2.24, 2.45) is 5.10 Å². The van der Waals surface area contributed by atoms with E-state index in [4.69, 9.17) is 0 Å². The van der Waals surface area contributed by atoms with Gasteiger partial charge in [-0.15, -0.1) is 0 Å². The van der Waals surface area contributed by atoms with Crippen molar-refractivity contribution in [2.45, 2.75) is 18.7 Å². The van der Waals surface area contributed by atoms with Crippen LogP contribution in [0.4, 0.5) is 5.69 Å². The molecule has 0 aliphatic carbocycles. The zero-order chi connectivity index (χ0) is 25.0. The zero-order valence-corrected chi connectivity index (χ0v) is 20.2. The normalized spacial score (nSPS) is 11.6. The molecule has 7 nitrogen and oxygen atoms in total. The maximum absolute atomic E-state index is 13.5. The summed E-state index contributed by atoms with van der Waals surface area (Å²) in [6.07, 6.45) is 1.35. The van der Waals surface area contributed by atoms with Gasteiger partial charge in [-0.3, -0.25) is 9.10 Å². The summed E-state index contributed by atoms with van der Waals surface area (Å²) in [6, 6.07) is 24.1. The van der Waals surface area contributed by atoms with Crippen molar-refractivity contribution >= 4 is 38.6 Å². The number of aryl methyl sites for hydroxylation is 2. The molecule has 0 bridgehead atoms. The summed E-state index contributed by atoms with van der Waals surface area (Å²) < 4.78 is 28.0. The van der Waals surface area contributed by atoms with Crippen LogP contribution in [0.5, 0.6) is 5.75 Å². The number of hydrogen-bond acceptors (Lipinski definition) is 5. The number of aromatic hydroxyl groups is 1. The van der Waals surface area contributed by atoms with Crippen LogP contribution >= 0.6 is 0 Å². The molecule has 4 aromatic rings. The summed E-state index contributed by atoms with van der Waals surface area (Å²) in [6.45, 7) is 3.24. The van der Waals surface area contributed by atoms with Gasteiger partial charge in [-0.1, -0.05) is 66.2 Å². The Morgan fingerprint density at radius 2 is 1.69 bits per heavy atom. The summed E-state index contributed by atoms with van der Waals surface area (Å²) in [7, 11) is -4.02. The SMILES string of the molecule is Cc1ccc(N(CC(=O)N/N=C/c2c(O)ccc3ccccc23)S(=O)(=O)c2ccccc2)c(C)c1. The van der Waals surface area contributed by atoms with Crippen molar-refractivity contribution < 1.29 is 18.3 Å². The van der Waals surface area contributed by atoms with Gasteiger partial charge in [-0.25, -0.2) is 13.8 Å². The number of phenols is 1. The third-order valence-electron chi connectivity index (χ3n) is 5.57. The quantitative estimate of drug-likeness (QED) is 0.296. The van der Waals surface area contributed by atoms with Crippen LogP contribution in [0.25, 0.3) is 10.8 Å². The molecule has 0 fully saturated rings. The van der Waals surface area contributed by atoms with Crippen molar-refractivity contribution in [1.82, 2.24) is 5.43 Å². The molecule has 0 heterocycles. The molecule has 0 unspecified atom stereocenters. The van der Waals surface area contributed by atoms with Crippen molar-refractivity contribution in [2.75, 3.05) is 10.8 Å². The molecule has 1 amide bonds. The van der Waals surface area contributed by atoms with Crippen LogP contribution in [-0.2, 0) is 14.8 Å². The van der Waals surface area contributed by atoms with E-state index in [0.717, 1.165) is 26.2 Å². The lowest BCUT2D eigenvalue weighted by molar-refractivity contribution is -0.119. The minimum atomic E-state index is -4.02. The number of benzene rings is 4. The number of carbonyl (C=O) groups is 1. The molecular weight excluding hydrogens is 462 g/mol. The fourth-order valence-electron chi connectivity index (χ4n) is 3.86. The van der Waals surface area contributed by atoms with E-state index in [1.807, 2.05) is 37.3 Å². The molecule has 0 saturated carbocycles. The summed E-state index contributed by atoms with van der Waals surface area (Å²) in [5.41, 5.74) is 4.95. The fraction of sp³-hybridized carbons (Fsp3) is 0.111. The molecule has 178 valence electrons. The molecule has 2 N–H and O–H groups in total. The Labute approximate surface area is 204 Å². The molecular formula is C27H25N3O4S. The predicted molar refractivity (Wildman–Crippen MR) is 138 cm³/mol. The topological polar surface area (TPSA) is 99.1 Å². The molecule has 0 aliphatic rings. The Balaban J connectivity index is 1.62. The van der Waals surface area contributed by atoms with Gasteiger partial charge in [0.15, 0.2) is 0 Å². The van der Waals surface area contributed by atoms with E-state index in [1.165, 1.54) is 18.3 Å². The Bertz CT molecular complexity index is 1520. The standard InChI is InChI=1S/C27H25N3O4S/c1-19-12-14-25(20(2)16-19)30(35(33,34)22-9-4-3-5-10-22)18-27(32)29-28-17-24-23-11-7-6-8-21(23)13-15-26(24)31/h3-17,31H,18H2,1-2H3,(H,29,32)/b28-17+. The summed E-state index contributed by atoms with van der Waals surface area (Å²) in [5, 5.41) is 15.9. The number of phenolic OH excluding ortho intramolecular Hbond substituents is 1. The monoisotopic (exact) mass is 487 g/mol. The predicted octanol–water partition coefficient (Wildman–Crippen LogP) is 4.51. The molecule has 0 atom stereocenters. The Kier molecular flexibility index (Phi) is 6.84. The third kappa shape index (κ3) is 5.17. The first-order chi connectivity index (χ1) is 16.8. The van der Waals surface area contributed by atoms with Gasteiger partial charge in [-0.2, -0.15) is 5.10 Å². The second-order valence-corrected chi connectivity index (χ2v) is 9.99. The lowest BCUT2D eigenvalue weighted by Gasteiger charge is -2.25. The first kappa shape index (κ1) is 24.0. The Hall–Kier alpha value is -4.17. The molecule has 35 heavy (non-hydrogen) atoms. The Morgan fingerprint density at radius 1 is 0.971 bits per heavy atom. The summed E-state index contributed by atoms with van der Waals surface area (Å²) >= 11 is 0. The highest BCUT2D eigenvalue weighted by atomic mass is 32.2. The average molecular weight is 488 g/mol. The highest BCUT2D eigenvalue weighted by Gasteiger charge is 2.28. The molecule has 0 aromatic heterocycles. The number of nitrogens with zero attached hydrogens (tertiary/aromatic N) is 2. The van der Waals surface area contributed by atoms with Crippen LogP contribution in [0.2, 0.25) is 0 Å². The van der Waals surface area contributed by atoms with Gasteiger partial charge in [0, 0.05) is 5.56 Å². The van der Waals surface area contributed by atoms with Crippen LogP contribution in [-0.4, -0.2) is 32.2 Å². The zero-order valence-electron chi connectivity index (χ0n) is 19.3. The van der Waals surface area contributed by atoms with E-state index < -0.39 is 22.5 Å². The number of fused-ring (bicyclic) bond motifs is 1. The lowest BCUT2D eigenvalue weighted by atomic mass is 10.0. The molecule has 0 saturated heterocycles. The molecule has 0 aliphatic heterocycles. The number of carbonyl (C=O) groups excluding carboxylic acids is 1. The molecule has 8 heteroatoms. The van der Waals surface area contributed by atoms with Crippen LogP contribution in [0.3, 0.4) is 0 Å². The second kappa shape index (κ2) is 9.99. The van der Waals surface area contributed by atoms with E-state index in [-0.39, 0.29) is 10.6 Å². The molecule has 4 aromatic carbocycles. The van der Waals surface area contributed by atoms with E-state index in [9.17, 15) is 18.3 Å². The lowest BCUT2D eigenvalue weighted by Crippen LogP contribution is -2.40. The van der Waals surface area contributed by atoms with E-state index in [0.29, 0.717) is 11.3 Å². The highest BCUT2D eigenvalue weighted by molar-refractivity contribution is 7.92. The van der Waals surface area contributed by atoms with Gasteiger partial charge in [0.05, 0.1) is 16.8 Å². The van der Waals surface area contributed by atoms with Crippen molar-refractivity contribution in [1.29, 1.82) is 0 Å². The number of nitrogens with one attached hydrogen (secondary N) is 1. The number of hydrazone groups is 1. The van der Waals surface area contributed by atoms with Crippen LogP contribution in [0, 0.1) is 13.8 Å². The van der Waals surface area contributed by atoms with Crippen LogP contribution < -0.4 is 9.73 Å². The van der Waals surface area contributed by atoms with E-state index in [1.54, 1.807) is 49.4 Å². The largest absolute Gasteiger partial charge is 0.507 e. The van der Waals surface area contributed by atoms with Gasteiger partial charge in [0.25, 0.3) is 15.9 Å². The molecule has 0 radical (unpaired) electrons. The minimum Gasteiger partial charge on any atom is -0.507 e. The van der Waals surface area contributed by atoms with Crippen LogP contribution in [0.15, 0.2) is 94.9 Å². The fourth-order valence-corrected chi connectivity index (χ4v) is 5.37. The number of hydrogen-bond donors (Lipinski definition) is 2. The Morgan fingerprint density at radius 3 is 2.43 bits per heavy atom. The van der Waals surface area contributed by atoms with Gasteiger partial charge < -0.3 is 5.11 Å². The van der Waals surface area contributed by atoms with Gasteiger partial charge in [-0.05, 0) is 54.4 Å². The highest BCUT2D eigenvalue weighted by Crippen LogP contribution is 2.28. The smallest absolute Gasteiger partial charge is 0.264 e. The first-order valence-electron chi connectivity index (χ1n) is 10.9. The van der Waals surface area contributed by atoms with Gasteiger partial charge in [0.2, 0.25) is 0 Å². The minimum absolute atomic E-state index is 0.0188. The third-order valence-corrected chi connectivity index (χ3v) is 7.34. The van der Waals surface area contributed by atoms with E-state index in [2.05, 4.69) is 10.5 Å². The first-order valence-corrected chi connectivity index (χ1v) is 12.4. The average Bonchev–Trinajstić information content (AvgIpc) is 2.85. The van der Waals surface area contributed by atoms with Gasteiger partial charge in [0.1, 0.15) is 12.3 Å². The number of sulfonamides is 1. The summed E-state index contributed by atoms with van der Waals surface area (Å²) in [5.74, 6) is -0.606. The number of anilines is 1. The molecule has 0 spiro atoms. The van der Waals surface area contributed by atoms with Crippen LogP contribution in [0.1, 0.15) is 16.7 Å². The van der Waals surface area contributed by atoms with Gasteiger partial charge >= 0.3 is 0 Å². The van der Waals surface area contributed by atoms with Crippen molar-refractivity contribution in [3.8, 4) is 5.75 Å². The second-order valence-electron chi connectivity index (χ2n) is 8.13. The van der Waals surface area contributed by atoms with Crippen molar-refractivity contribution in [3.05, 3.63) is 102 Å². The number of rotatable bonds is 7. The maximum Gasteiger partial charge on any atom is 0.264 e. The number of amides is 1. The van der Waals surface area contributed by atoms with E-state index >= 15 is 0 Å². The summed E-state index contributed by atoms with van der Waals surface area (Å²) in [4.78, 5) is 12.9. The molecule has 4 rings (SSSR count).